The maximum Gasteiger partial charge on any atom is 0.227 e. The molecule has 0 bridgehead atoms. The number of amides is 1. The first-order chi connectivity index (χ1) is 10.8. The minimum Gasteiger partial charge on any atom is -0.393 e. The minimum atomic E-state index is -0.364. The van der Waals surface area contributed by atoms with Gasteiger partial charge in [-0.25, -0.2) is 0 Å². The molecule has 2 aliphatic rings. The maximum atomic E-state index is 12.7. The van der Waals surface area contributed by atoms with Gasteiger partial charge in [-0.15, -0.1) is 0 Å². The molecule has 1 aliphatic carbocycles. The molecule has 4 nitrogen and oxygen atoms in total. The van der Waals surface area contributed by atoms with Crippen LogP contribution in [0, 0.1) is 17.3 Å². The standard InChI is InChI=1S/C19H36N2O2/c1-14(2)15-5-7-16(8-6-15)20-18(23)19(3,4)13-21-11-9-17(22)10-12-21/h14-17,22H,5-13H2,1-4H3,(H,20,23)/t15-,16-. The van der Waals surface area contributed by atoms with Gasteiger partial charge in [-0.2, -0.15) is 0 Å². The molecule has 23 heavy (non-hydrogen) atoms. The van der Waals surface area contributed by atoms with Crippen molar-refractivity contribution in [3.63, 3.8) is 0 Å². The van der Waals surface area contributed by atoms with Gasteiger partial charge in [0, 0.05) is 25.7 Å². The average Bonchev–Trinajstić information content (AvgIpc) is 2.50. The number of carbonyl (C=O) groups excluding carboxylic acids is 1. The van der Waals surface area contributed by atoms with Gasteiger partial charge in [0.25, 0.3) is 0 Å². The summed E-state index contributed by atoms with van der Waals surface area (Å²) in [5.41, 5.74) is -0.364. The Kier molecular flexibility index (Phi) is 6.49. The lowest BCUT2D eigenvalue weighted by Gasteiger charge is -2.37. The SMILES string of the molecule is CC(C)[C@H]1CC[C@H](NC(=O)C(C)(C)CN2CCC(O)CC2)CC1. The van der Waals surface area contributed by atoms with Gasteiger partial charge < -0.3 is 15.3 Å². The molecule has 1 saturated carbocycles. The number of aliphatic hydroxyl groups is 1. The zero-order valence-electron chi connectivity index (χ0n) is 15.5. The number of carbonyl (C=O) groups is 1. The summed E-state index contributed by atoms with van der Waals surface area (Å²) < 4.78 is 0. The quantitative estimate of drug-likeness (QED) is 0.817. The average molecular weight is 325 g/mol. The van der Waals surface area contributed by atoms with E-state index in [2.05, 4.69) is 24.1 Å². The largest absolute Gasteiger partial charge is 0.393 e. The number of nitrogens with zero attached hydrogens (tertiary/aromatic N) is 1. The lowest BCUT2D eigenvalue weighted by molar-refractivity contribution is -0.131. The second kappa shape index (κ2) is 7.98. The number of likely N-dealkylation sites (tertiary alicyclic amines) is 1. The molecular formula is C19H36N2O2. The van der Waals surface area contributed by atoms with E-state index < -0.39 is 0 Å². The molecule has 0 atom stereocenters. The van der Waals surface area contributed by atoms with Crippen LogP contribution in [0.2, 0.25) is 0 Å². The summed E-state index contributed by atoms with van der Waals surface area (Å²) in [7, 11) is 0. The molecule has 0 aromatic carbocycles. The smallest absolute Gasteiger partial charge is 0.227 e. The summed E-state index contributed by atoms with van der Waals surface area (Å²) in [5.74, 6) is 1.78. The molecule has 0 spiro atoms. The molecule has 0 unspecified atom stereocenters. The third kappa shape index (κ3) is 5.46. The summed E-state index contributed by atoms with van der Waals surface area (Å²) in [6.07, 6.45) is 6.24. The Morgan fingerprint density at radius 1 is 1.13 bits per heavy atom. The molecule has 0 aromatic rings. The number of hydrogen-bond donors (Lipinski definition) is 2. The van der Waals surface area contributed by atoms with Gasteiger partial charge in [0.1, 0.15) is 0 Å². The fourth-order valence-electron chi connectivity index (χ4n) is 4.02. The zero-order valence-corrected chi connectivity index (χ0v) is 15.5. The number of aliphatic hydroxyl groups excluding tert-OH is 1. The van der Waals surface area contributed by atoms with E-state index in [9.17, 15) is 9.90 Å². The summed E-state index contributed by atoms with van der Waals surface area (Å²) in [6, 6.07) is 0.361. The summed E-state index contributed by atoms with van der Waals surface area (Å²) >= 11 is 0. The second-order valence-corrected chi connectivity index (χ2v) is 8.72. The van der Waals surface area contributed by atoms with Crippen molar-refractivity contribution >= 4 is 5.91 Å². The van der Waals surface area contributed by atoms with Gasteiger partial charge in [-0.3, -0.25) is 4.79 Å². The van der Waals surface area contributed by atoms with Crippen LogP contribution in [0.15, 0.2) is 0 Å². The Balaban J connectivity index is 1.77. The van der Waals surface area contributed by atoms with Gasteiger partial charge in [-0.05, 0) is 64.2 Å². The van der Waals surface area contributed by atoms with E-state index in [1.54, 1.807) is 0 Å². The van der Waals surface area contributed by atoms with Crippen molar-refractivity contribution in [1.29, 1.82) is 0 Å². The molecule has 4 heteroatoms. The van der Waals surface area contributed by atoms with Crippen LogP contribution in [0.25, 0.3) is 0 Å². The summed E-state index contributed by atoms with van der Waals surface area (Å²) in [4.78, 5) is 15.0. The van der Waals surface area contributed by atoms with Crippen LogP contribution < -0.4 is 5.32 Å². The highest BCUT2D eigenvalue weighted by Gasteiger charge is 2.33. The van der Waals surface area contributed by atoms with Gasteiger partial charge >= 0.3 is 0 Å². The predicted molar refractivity (Wildman–Crippen MR) is 94.2 cm³/mol. The zero-order chi connectivity index (χ0) is 17.0. The van der Waals surface area contributed by atoms with Crippen LogP contribution in [0.1, 0.15) is 66.2 Å². The van der Waals surface area contributed by atoms with Crippen LogP contribution in [-0.2, 0) is 4.79 Å². The number of nitrogens with one attached hydrogen (secondary N) is 1. The normalized spacial score (nSPS) is 28.1. The van der Waals surface area contributed by atoms with Gasteiger partial charge in [0.2, 0.25) is 5.91 Å². The van der Waals surface area contributed by atoms with Crippen molar-refractivity contribution in [2.75, 3.05) is 19.6 Å². The van der Waals surface area contributed by atoms with Gasteiger partial charge in [-0.1, -0.05) is 13.8 Å². The fraction of sp³-hybridized carbons (Fsp3) is 0.947. The van der Waals surface area contributed by atoms with E-state index in [1.165, 1.54) is 12.8 Å². The second-order valence-electron chi connectivity index (χ2n) is 8.72. The van der Waals surface area contributed by atoms with Crippen LogP contribution >= 0.6 is 0 Å². The highest BCUT2D eigenvalue weighted by atomic mass is 16.3. The van der Waals surface area contributed by atoms with E-state index in [-0.39, 0.29) is 17.4 Å². The van der Waals surface area contributed by atoms with Crippen LogP contribution in [0.3, 0.4) is 0 Å². The highest BCUT2D eigenvalue weighted by Crippen LogP contribution is 2.30. The molecule has 2 fully saturated rings. The third-order valence-electron chi connectivity index (χ3n) is 5.84. The lowest BCUT2D eigenvalue weighted by Crippen LogP contribution is -2.50. The van der Waals surface area contributed by atoms with Crippen molar-refractivity contribution in [3.8, 4) is 0 Å². The third-order valence-corrected chi connectivity index (χ3v) is 5.84. The molecule has 1 saturated heterocycles. The van der Waals surface area contributed by atoms with Crippen LogP contribution in [-0.4, -0.2) is 47.7 Å². The van der Waals surface area contributed by atoms with Crippen LogP contribution in [0.4, 0.5) is 0 Å². The summed E-state index contributed by atoms with van der Waals surface area (Å²) in [6.45, 7) is 11.3. The van der Waals surface area contributed by atoms with Gasteiger partial charge in [0.15, 0.2) is 0 Å². The Bertz CT molecular complexity index is 379. The number of hydrogen-bond acceptors (Lipinski definition) is 3. The molecule has 2 rings (SSSR count). The van der Waals surface area contributed by atoms with E-state index in [1.807, 2.05) is 13.8 Å². The van der Waals surface area contributed by atoms with Crippen molar-refractivity contribution in [3.05, 3.63) is 0 Å². The molecule has 1 amide bonds. The lowest BCUT2D eigenvalue weighted by atomic mass is 9.79. The first-order valence-electron chi connectivity index (χ1n) is 9.49. The van der Waals surface area contributed by atoms with Crippen molar-refractivity contribution in [2.45, 2.75) is 78.4 Å². The van der Waals surface area contributed by atoms with E-state index in [0.29, 0.717) is 6.04 Å². The highest BCUT2D eigenvalue weighted by molar-refractivity contribution is 5.82. The topological polar surface area (TPSA) is 52.6 Å². The van der Waals surface area contributed by atoms with Crippen molar-refractivity contribution in [2.24, 2.45) is 17.3 Å². The van der Waals surface area contributed by atoms with E-state index in [0.717, 1.165) is 57.2 Å². The number of piperidine rings is 1. The maximum absolute atomic E-state index is 12.7. The molecule has 0 radical (unpaired) electrons. The molecule has 0 aromatic heterocycles. The van der Waals surface area contributed by atoms with Gasteiger partial charge in [0.05, 0.1) is 11.5 Å². The minimum absolute atomic E-state index is 0.153. The van der Waals surface area contributed by atoms with Crippen molar-refractivity contribution in [1.82, 2.24) is 10.2 Å². The monoisotopic (exact) mass is 324 g/mol. The Hall–Kier alpha value is -0.610. The fourth-order valence-corrected chi connectivity index (χ4v) is 4.02. The Morgan fingerprint density at radius 3 is 2.22 bits per heavy atom. The van der Waals surface area contributed by atoms with Crippen LogP contribution in [0.5, 0.6) is 0 Å². The predicted octanol–water partition coefficient (Wildman–Crippen LogP) is 2.80. The first kappa shape index (κ1) is 18.7. The first-order valence-corrected chi connectivity index (χ1v) is 9.49. The number of rotatable bonds is 5. The summed E-state index contributed by atoms with van der Waals surface area (Å²) in [5, 5.41) is 12.9. The molecule has 1 aliphatic heterocycles. The van der Waals surface area contributed by atoms with Crippen molar-refractivity contribution < 1.29 is 9.90 Å². The van der Waals surface area contributed by atoms with E-state index >= 15 is 0 Å². The molecule has 2 N–H and O–H groups in total. The molecular weight excluding hydrogens is 288 g/mol. The Labute approximate surface area is 142 Å². The molecule has 134 valence electrons. The Morgan fingerprint density at radius 2 is 1.70 bits per heavy atom. The molecule has 1 heterocycles. The van der Waals surface area contributed by atoms with E-state index in [4.69, 9.17) is 0 Å².